The van der Waals surface area contributed by atoms with Gasteiger partial charge in [-0.05, 0) is 24.6 Å². The molecule has 1 saturated heterocycles. The molecule has 2 heterocycles. The van der Waals surface area contributed by atoms with Gasteiger partial charge in [-0.3, -0.25) is 9.48 Å². The number of carbonyl (C=O) groups excluding carboxylic acids is 1. The number of nitrogens with one attached hydrogen (secondary N) is 1. The average molecular weight is 319 g/mol. The van der Waals surface area contributed by atoms with Crippen molar-refractivity contribution in [3.05, 3.63) is 52.8 Å². The molecule has 1 aromatic carbocycles. The summed E-state index contributed by atoms with van der Waals surface area (Å²) >= 11 is 6.16. The van der Waals surface area contributed by atoms with E-state index in [4.69, 9.17) is 11.6 Å². The summed E-state index contributed by atoms with van der Waals surface area (Å²) in [4.78, 5) is 14.4. The first-order valence-electron chi connectivity index (χ1n) is 7.50. The van der Waals surface area contributed by atoms with Crippen molar-refractivity contribution in [3.8, 4) is 0 Å². The Labute approximate surface area is 134 Å². The summed E-state index contributed by atoms with van der Waals surface area (Å²) in [6.45, 7) is 3.92. The minimum absolute atomic E-state index is 0.0501. The van der Waals surface area contributed by atoms with Crippen molar-refractivity contribution in [2.75, 3.05) is 26.2 Å². The molecule has 0 unspecified atom stereocenters. The van der Waals surface area contributed by atoms with E-state index in [2.05, 4.69) is 10.4 Å². The first-order valence-corrected chi connectivity index (χ1v) is 7.88. The lowest BCUT2D eigenvalue weighted by Gasteiger charge is -2.18. The highest BCUT2D eigenvalue weighted by atomic mass is 35.5. The standard InChI is InChI=1S/C16H19ClN4O/c17-15-5-2-1-4-13(15)11-21-12-14(10-19-21)16(22)20-8-3-6-18-7-9-20/h1-2,4-5,10,12,18H,3,6-9,11H2. The van der Waals surface area contributed by atoms with Gasteiger partial charge in [-0.2, -0.15) is 5.10 Å². The van der Waals surface area contributed by atoms with E-state index in [9.17, 15) is 4.79 Å². The highest BCUT2D eigenvalue weighted by Gasteiger charge is 2.18. The molecule has 1 N–H and O–H groups in total. The molecule has 1 aromatic heterocycles. The SMILES string of the molecule is O=C(c1cnn(Cc2ccccc2Cl)c1)N1CCCNCC1. The molecule has 6 heteroatoms. The predicted octanol–water partition coefficient (Wildman–Crippen LogP) is 2.02. The summed E-state index contributed by atoms with van der Waals surface area (Å²) in [6, 6.07) is 7.67. The summed E-state index contributed by atoms with van der Waals surface area (Å²) in [7, 11) is 0. The van der Waals surface area contributed by atoms with Gasteiger partial charge >= 0.3 is 0 Å². The number of nitrogens with zero attached hydrogens (tertiary/aromatic N) is 3. The van der Waals surface area contributed by atoms with Crippen LogP contribution in [0.25, 0.3) is 0 Å². The third-order valence-electron chi connectivity index (χ3n) is 3.80. The third-order valence-corrected chi connectivity index (χ3v) is 4.17. The van der Waals surface area contributed by atoms with E-state index in [1.54, 1.807) is 17.1 Å². The van der Waals surface area contributed by atoms with Gasteiger partial charge in [0.15, 0.2) is 0 Å². The van der Waals surface area contributed by atoms with Crippen LogP contribution in [0.5, 0.6) is 0 Å². The second-order valence-electron chi connectivity index (χ2n) is 5.41. The van der Waals surface area contributed by atoms with Gasteiger partial charge in [-0.25, -0.2) is 0 Å². The van der Waals surface area contributed by atoms with Crippen LogP contribution in [0.4, 0.5) is 0 Å². The Kier molecular flexibility index (Phi) is 4.75. The first kappa shape index (κ1) is 15.1. The number of carbonyl (C=O) groups is 1. The summed E-state index contributed by atoms with van der Waals surface area (Å²) in [5.41, 5.74) is 1.62. The Morgan fingerprint density at radius 3 is 3.00 bits per heavy atom. The van der Waals surface area contributed by atoms with Crippen molar-refractivity contribution in [2.24, 2.45) is 0 Å². The van der Waals surface area contributed by atoms with Crippen molar-refractivity contribution in [3.63, 3.8) is 0 Å². The van der Waals surface area contributed by atoms with Crippen LogP contribution in [-0.2, 0) is 6.54 Å². The lowest BCUT2D eigenvalue weighted by Crippen LogP contribution is -2.33. The Morgan fingerprint density at radius 2 is 2.14 bits per heavy atom. The first-order chi connectivity index (χ1) is 10.7. The van der Waals surface area contributed by atoms with E-state index in [1.165, 1.54) is 0 Å². The van der Waals surface area contributed by atoms with Crippen molar-refractivity contribution < 1.29 is 4.79 Å². The molecule has 3 rings (SSSR count). The Hall–Kier alpha value is -1.85. The molecule has 0 aliphatic carbocycles. The zero-order valence-corrected chi connectivity index (χ0v) is 13.1. The van der Waals surface area contributed by atoms with Gasteiger partial charge in [-0.1, -0.05) is 29.8 Å². The normalized spacial score (nSPS) is 15.6. The van der Waals surface area contributed by atoms with Crippen molar-refractivity contribution in [1.29, 1.82) is 0 Å². The Bertz CT molecular complexity index is 647. The summed E-state index contributed by atoms with van der Waals surface area (Å²) in [6.07, 6.45) is 4.42. The van der Waals surface area contributed by atoms with E-state index >= 15 is 0 Å². The van der Waals surface area contributed by atoms with E-state index in [1.807, 2.05) is 29.2 Å². The van der Waals surface area contributed by atoms with Gasteiger partial charge in [0.25, 0.3) is 5.91 Å². The van der Waals surface area contributed by atoms with E-state index in [-0.39, 0.29) is 5.91 Å². The van der Waals surface area contributed by atoms with Crippen LogP contribution < -0.4 is 5.32 Å². The number of amides is 1. The molecule has 116 valence electrons. The Morgan fingerprint density at radius 1 is 1.27 bits per heavy atom. The monoisotopic (exact) mass is 318 g/mol. The smallest absolute Gasteiger partial charge is 0.257 e. The number of benzene rings is 1. The minimum atomic E-state index is 0.0501. The minimum Gasteiger partial charge on any atom is -0.337 e. The van der Waals surface area contributed by atoms with Crippen LogP contribution in [-0.4, -0.2) is 46.8 Å². The van der Waals surface area contributed by atoms with Gasteiger partial charge in [-0.15, -0.1) is 0 Å². The summed E-state index contributed by atoms with van der Waals surface area (Å²) in [5.74, 6) is 0.0501. The number of halogens is 1. The fraction of sp³-hybridized carbons (Fsp3) is 0.375. The van der Waals surface area contributed by atoms with Crippen LogP contribution in [0, 0.1) is 0 Å². The largest absolute Gasteiger partial charge is 0.337 e. The van der Waals surface area contributed by atoms with Gasteiger partial charge < -0.3 is 10.2 Å². The van der Waals surface area contributed by atoms with Crippen molar-refractivity contribution in [1.82, 2.24) is 20.0 Å². The van der Waals surface area contributed by atoms with Crippen LogP contribution >= 0.6 is 11.6 Å². The van der Waals surface area contributed by atoms with Crippen molar-refractivity contribution >= 4 is 17.5 Å². The number of hydrogen-bond donors (Lipinski definition) is 1. The van der Waals surface area contributed by atoms with Crippen LogP contribution in [0.1, 0.15) is 22.3 Å². The Balaban J connectivity index is 1.70. The molecule has 0 atom stereocenters. The molecule has 2 aromatic rings. The number of aromatic nitrogens is 2. The second-order valence-corrected chi connectivity index (χ2v) is 5.82. The van der Waals surface area contributed by atoms with Crippen LogP contribution in [0.2, 0.25) is 5.02 Å². The van der Waals surface area contributed by atoms with Crippen molar-refractivity contribution in [2.45, 2.75) is 13.0 Å². The molecule has 5 nitrogen and oxygen atoms in total. The summed E-state index contributed by atoms with van der Waals surface area (Å²) < 4.78 is 1.75. The zero-order chi connectivity index (χ0) is 15.4. The molecule has 1 amide bonds. The molecule has 0 saturated carbocycles. The van der Waals surface area contributed by atoms with Gasteiger partial charge in [0, 0.05) is 30.9 Å². The average Bonchev–Trinajstić information content (AvgIpc) is 2.82. The molecule has 1 aliphatic rings. The number of hydrogen-bond acceptors (Lipinski definition) is 3. The topological polar surface area (TPSA) is 50.2 Å². The second kappa shape index (κ2) is 6.94. The molecule has 1 fully saturated rings. The summed E-state index contributed by atoms with van der Waals surface area (Å²) in [5, 5.41) is 8.30. The zero-order valence-electron chi connectivity index (χ0n) is 12.3. The predicted molar refractivity (Wildman–Crippen MR) is 86.2 cm³/mol. The fourth-order valence-corrected chi connectivity index (χ4v) is 2.79. The van der Waals surface area contributed by atoms with Crippen LogP contribution in [0.15, 0.2) is 36.7 Å². The third kappa shape index (κ3) is 3.48. The van der Waals surface area contributed by atoms with E-state index < -0.39 is 0 Å². The highest BCUT2D eigenvalue weighted by Crippen LogP contribution is 2.16. The van der Waals surface area contributed by atoms with E-state index in [0.717, 1.165) is 38.2 Å². The number of rotatable bonds is 3. The lowest BCUT2D eigenvalue weighted by molar-refractivity contribution is 0.0766. The molecular weight excluding hydrogens is 300 g/mol. The van der Waals surface area contributed by atoms with Gasteiger partial charge in [0.05, 0.1) is 18.3 Å². The maximum atomic E-state index is 12.5. The van der Waals surface area contributed by atoms with E-state index in [0.29, 0.717) is 17.1 Å². The molecule has 0 radical (unpaired) electrons. The van der Waals surface area contributed by atoms with Crippen LogP contribution in [0.3, 0.4) is 0 Å². The fourth-order valence-electron chi connectivity index (χ4n) is 2.59. The molecule has 0 bridgehead atoms. The quantitative estimate of drug-likeness (QED) is 0.942. The molecular formula is C16H19ClN4O. The van der Waals surface area contributed by atoms with Gasteiger partial charge in [0.1, 0.15) is 0 Å². The molecule has 1 aliphatic heterocycles. The highest BCUT2D eigenvalue weighted by molar-refractivity contribution is 6.31. The lowest BCUT2D eigenvalue weighted by atomic mass is 10.2. The van der Waals surface area contributed by atoms with Gasteiger partial charge in [0.2, 0.25) is 0 Å². The maximum Gasteiger partial charge on any atom is 0.257 e. The molecule has 0 spiro atoms. The maximum absolute atomic E-state index is 12.5. The molecule has 22 heavy (non-hydrogen) atoms.